The number of ether oxygens (including phenoxy) is 2. The third kappa shape index (κ3) is 6.34. The molecule has 31 heavy (non-hydrogen) atoms. The lowest BCUT2D eigenvalue weighted by Gasteiger charge is -2.19. The molecule has 3 aromatic carbocycles. The number of rotatable bonds is 9. The van der Waals surface area contributed by atoms with Crippen LogP contribution in [0.5, 0.6) is 17.2 Å². The molecular weight excluding hydrogens is 394 g/mol. The van der Waals surface area contributed by atoms with Gasteiger partial charge in [-0.2, -0.15) is 0 Å². The number of amides is 1. The predicted octanol–water partition coefficient (Wildman–Crippen LogP) is 4.70. The molecule has 1 atom stereocenters. The molecule has 1 amide bonds. The van der Waals surface area contributed by atoms with E-state index < -0.39 is 11.9 Å². The number of aliphatic carboxylic acids is 1. The van der Waals surface area contributed by atoms with E-state index in [1.54, 1.807) is 38.4 Å². The van der Waals surface area contributed by atoms with Gasteiger partial charge in [-0.3, -0.25) is 9.59 Å². The van der Waals surface area contributed by atoms with Crippen LogP contribution in [0.2, 0.25) is 0 Å². The van der Waals surface area contributed by atoms with E-state index in [0.717, 1.165) is 17.1 Å². The summed E-state index contributed by atoms with van der Waals surface area (Å²) in [4.78, 5) is 24.9. The molecule has 0 heterocycles. The molecule has 0 saturated carbocycles. The molecule has 1 unspecified atom stereocenters. The smallest absolute Gasteiger partial charge is 0.304 e. The number of carboxylic acids is 1. The fraction of sp³-hybridized carbons (Fsp3) is 0.200. The van der Waals surface area contributed by atoms with E-state index in [1.807, 2.05) is 54.6 Å². The first-order valence-corrected chi connectivity index (χ1v) is 9.90. The number of para-hydroxylation sites is 1. The van der Waals surface area contributed by atoms with Crippen molar-refractivity contribution in [1.82, 2.24) is 4.90 Å². The number of likely N-dealkylation sites (N-methyl/N-ethyl adjacent to an activating group) is 1. The van der Waals surface area contributed by atoms with Crippen molar-refractivity contribution in [2.75, 3.05) is 14.1 Å². The Morgan fingerprint density at radius 3 is 2.19 bits per heavy atom. The second-order valence-electron chi connectivity index (χ2n) is 7.30. The molecule has 0 radical (unpaired) electrons. The maximum Gasteiger partial charge on any atom is 0.304 e. The molecular formula is C25H25NO5. The van der Waals surface area contributed by atoms with Gasteiger partial charge < -0.3 is 19.5 Å². The highest BCUT2D eigenvalue weighted by atomic mass is 16.5. The molecule has 1 N–H and O–H groups in total. The Hall–Kier alpha value is -3.80. The highest BCUT2D eigenvalue weighted by Gasteiger charge is 2.25. The molecule has 0 aliphatic heterocycles. The molecule has 0 bridgehead atoms. The second-order valence-corrected chi connectivity index (χ2v) is 7.30. The zero-order valence-electron chi connectivity index (χ0n) is 17.5. The molecule has 6 heteroatoms. The van der Waals surface area contributed by atoms with Crippen molar-refractivity contribution in [2.45, 2.75) is 18.9 Å². The zero-order valence-corrected chi connectivity index (χ0v) is 17.5. The van der Waals surface area contributed by atoms with Crippen LogP contribution < -0.4 is 9.47 Å². The minimum absolute atomic E-state index is 0.244. The van der Waals surface area contributed by atoms with Crippen molar-refractivity contribution in [3.05, 3.63) is 90.0 Å². The van der Waals surface area contributed by atoms with Gasteiger partial charge in [-0.1, -0.05) is 42.5 Å². The Kier molecular flexibility index (Phi) is 7.27. The summed E-state index contributed by atoms with van der Waals surface area (Å²) >= 11 is 0. The molecule has 0 aliphatic carbocycles. The Labute approximate surface area is 181 Å². The summed E-state index contributed by atoms with van der Waals surface area (Å²) in [6, 6.07) is 24.2. The summed E-state index contributed by atoms with van der Waals surface area (Å²) < 4.78 is 11.7. The number of hydrogen-bond donors (Lipinski definition) is 1. The average molecular weight is 419 g/mol. The van der Waals surface area contributed by atoms with Crippen LogP contribution in [0, 0.1) is 0 Å². The lowest BCUT2D eigenvalue weighted by atomic mass is 9.94. The summed E-state index contributed by atoms with van der Waals surface area (Å²) in [6.07, 6.45) is -0.259. The van der Waals surface area contributed by atoms with Crippen molar-refractivity contribution in [3.8, 4) is 17.2 Å². The van der Waals surface area contributed by atoms with Gasteiger partial charge >= 0.3 is 5.97 Å². The number of hydrogen-bond acceptors (Lipinski definition) is 4. The standard InChI is InChI=1S/C25H25NO5/c1-26(2)25(29)23(16-24(27)28)19-11-13-20(14-12-19)30-17-18-7-6-10-22(15-18)31-21-8-4-3-5-9-21/h3-15,23H,16-17H2,1-2H3,(H,27,28). The Bertz CT molecular complexity index is 1020. The van der Waals surface area contributed by atoms with Gasteiger partial charge in [-0.05, 0) is 47.5 Å². The number of carbonyl (C=O) groups excluding carboxylic acids is 1. The highest BCUT2D eigenvalue weighted by molar-refractivity contribution is 5.87. The van der Waals surface area contributed by atoms with Gasteiger partial charge in [0.1, 0.15) is 23.9 Å². The SMILES string of the molecule is CN(C)C(=O)C(CC(=O)O)c1ccc(OCc2cccc(Oc3ccccc3)c2)cc1. The predicted molar refractivity (Wildman–Crippen MR) is 117 cm³/mol. The van der Waals surface area contributed by atoms with E-state index in [4.69, 9.17) is 14.6 Å². The quantitative estimate of drug-likeness (QED) is 0.544. The van der Waals surface area contributed by atoms with Crippen LogP contribution in [-0.4, -0.2) is 36.0 Å². The van der Waals surface area contributed by atoms with E-state index in [1.165, 1.54) is 4.90 Å². The first kappa shape index (κ1) is 21.9. The maximum absolute atomic E-state index is 12.4. The molecule has 0 spiro atoms. The number of carboxylic acid groups (broad SMARTS) is 1. The van der Waals surface area contributed by atoms with Crippen molar-refractivity contribution in [2.24, 2.45) is 0 Å². The summed E-state index contributed by atoms with van der Waals surface area (Å²) in [5, 5.41) is 9.15. The molecule has 0 aromatic heterocycles. The van der Waals surface area contributed by atoms with Gasteiger partial charge in [0.25, 0.3) is 0 Å². The van der Waals surface area contributed by atoms with Gasteiger partial charge in [0.05, 0.1) is 12.3 Å². The van der Waals surface area contributed by atoms with Crippen LogP contribution in [0.25, 0.3) is 0 Å². The Balaban J connectivity index is 1.64. The van der Waals surface area contributed by atoms with Gasteiger partial charge in [-0.25, -0.2) is 0 Å². The van der Waals surface area contributed by atoms with E-state index in [0.29, 0.717) is 17.9 Å². The second kappa shape index (κ2) is 10.3. The topological polar surface area (TPSA) is 76.1 Å². The lowest BCUT2D eigenvalue weighted by molar-refractivity contribution is -0.141. The zero-order chi connectivity index (χ0) is 22.2. The largest absolute Gasteiger partial charge is 0.489 e. The van der Waals surface area contributed by atoms with Gasteiger partial charge in [0, 0.05) is 14.1 Å². The monoisotopic (exact) mass is 419 g/mol. The third-order valence-electron chi connectivity index (χ3n) is 4.68. The van der Waals surface area contributed by atoms with Crippen LogP contribution in [0.4, 0.5) is 0 Å². The van der Waals surface area contributed by atoms with Crippen LogP contribution in [0.15, 0.2) is 78.9 Å². The summed E-state index contributed by atoms with van der Waals surface area (Å²) in [6.45, 7) is 0.348. The maximum atomic E-state index is 12.4. The molecule has 0 aliphatic rings. The molecule has 0 saturated heterocycles. The number of carbonyl (C=O) groups is 2. The average Bonchev–Trinajstić information content (AvgIpc) is 2.77. The fourth-order valence-corrected chi connectivity index (χ4v) is 3.12. The molecule has 3 rings (SSSR count). The van der Waals surface area contributed by atoms with Crippen molar-refractivity contribution < 1.29 is 24.2 Å². The minimum Gasteiger partial charge on any atom is -0.489 e. The molecule has 3 aromatic rings. The highest BCUT2D eigenvalue weighted by Crippen LogP contribution is 2.26. The van der Waals surface area contributed by atoms with E-state index >= 15 is 0 Å². The van der Waals surface area contributed by atoms with Gasteiger partial charge in [0.2, 0.25) is 5.91 Å². The van der Waals surface area contributed by atoms with E-state index in [-0.39, 0.29) is 12.3 Å². The van der Waals surface area contributed by atoms with Crippen molar-refractivity contribution in [1.29, 1.82) is 0 Å². The first-order valence-electron chi connectivity index (χ1n) is 9.90. The number of nitrogens with zero attached hydrogens (tertiary/aromatic N) is 1. The summed E-state index contributed by atoms with van der Waals surface area (Å²) in [5.74, 6) is 0.128. The van der Waals surface area contributed by atoms with Crippen LogP contribution in [0.3, 0.4) is 0 Å². The number of benzene rings is 3. The normalized spacial score (nSPS) is 11.4. The van der Waals surface area contributed by atoms with Crippen LogP contribution in [-0.2, 0) is 16.2 Å². The van der Waals surface area contributed by atoms with Crippen LogP contribution in [0.1, 0.15) is 23.5 Å². The third-order valence-corrected chi connectivity index (χ3v) is 4.68. The minimum atomic E-state index is -1.02. The van der Waals surface area contributed by atoms with E-state index in [9.17, 15) is 9.59 Å². The van der Waals surface area contributed by atoms with Crippen molar-refractivity contribution >= 4 is 11.9 Å². The summed E-state index contributed by atoms with van der Waals surface area (Å²) in [5.41, 5.74) is 1.59. The van der Waals surface area contributed by atoms with Crippen molar-refractivity contribution in [3.63, 3.8) is 0 Å². The summed E-state index contributed by atoms with van der Waals surface area (Å²) in [7, 11) is 3.23. The Morgan fingerprint density at radius 1 is 0.871 bits per heavy atom. The molecule has 6 nitrogen and oxygen atoms in total. The lowest BCUT2D eigenvalue weighted by Crippen LogP contribution is -2.29. The van der Waals surface area contributed by atoms with E-state index in [2.05, 4.69) is 0 Å². The van der Waals surface area contributed by atoms with Gasteiger partial charge in [0.15, 0.2) is 0 Å². The molecule has 0 fully saturated rings. The first-order chi connectivity index (χ1) is 14.9. The Morgan fingerprint density at radius 2 is 1.55 bits per heavy atom. The van der Waals surface area contributed by atoms with Gasteiger partial charge in [-0.15, -0.1) is 0 Å². The molecule has 160 valence electrons. The van der Waals surface area contributed by atoms with Crippen LogP contribution >= 0.6 is 0 Å². The fourth-order valence-electron chi connectivity index (χ4n) is 3.12.